The number of benzene rings is 1. The number of piperidine rings is 1. The summed E-state index contributed by atoms with van der Waals surface area (Å²) in [5, 5.41) is 7.42. The minimum absolute atomic E-state index is 0.188. The molecular weight excluding hydrogens is 296 g/mol. The summed E-state index contributed by atoms with van der Waals surface area (Å²) in [5.41, 5.74) is 0.689. The van der Waals surface area contributed by atoms with Gasteiger partial charge >= 0.3 is 0 Å². The molecule has 0 radical (unpaired) electrons. The molecule has 0 aromatic heterocycles. The van der Waals surface area contributed by atoms with Gasteiger partial charge in [0.15, 0.2) is 0 Å². The summed E-state index contributed by atoms with van der Waals surface area (Å²) in [7, 11) is 0. The molecule has 4 heteroatoms. The SMILES string of the molecule is CC1CCNCC1NC(=O)C1(c2cccc(Cl)c2)CCCC1. The predicted molar refractivity (Wildman–Crippen MR) is 90.2 cm³/mol. The van der Waals surface area contributed by atoms with E-state index in [1.165, 1.54) is 0 Å². The lowest BCUT2D eigenvalue weighted by atomic mass is 9.77. The molecule has 3 nitrogen and oxygen atoms in total. The van der Waals surface area contributed by atoms with Crippen LogP contribution in [0, 0.1) is 5.92 Å². The van der Waals surface area contributed by atoms with E-state index in [2.05, 4.69) is 23.6 Å². The fraction of sp³-hybridized carbons (Fsp3) is 0.611. The zero-order valence-corrected chi connectivity index (χ0v) is 14.0. The monoisotopic (exact) mass is 320 g/mol. The number of carbonyl (C=O) groups excluding carboxylic acids is 1. The molecule has 2 unspecified atom stereocenters. The molecule has 2 aliphatic rings. The highest BCUT2D eigenvalue weighted by molar-refractivity contribution is 6.30. The molecule has 0 bridgehead atoms. The first-order chi connectivity index (χ1) is 10.6. The molecule has 1 heterocycles. The molecule has 22 heavy (non-hydrogen) atoms. The van der Waals surface area contributed by atoms with Gasteiger partial charge in [-0.25, -0.2) is 0 Å². The summed E-state index contributed by atoms with van der Waals surface area (Å²) < 4.78 is 0. The maximum atomic E-state index is 13.1. The molecule has 1 saturated heterocycles. The minimum atomic E-state index is -0.387. The number of hydrogen-bond acceptors (Lipinski definition) is 2. The third-order valence-electron chi connectivity index (χ3n) is 5.41. The third-order valence-corrected chi connectivity index (χ3v) is 5.65. The Bertz CT molecular complexity index is 540. The van der Waals surface area contributed by atoms with Crippen LogP contribution in [0.5, 0.6) is 0 Å². The number of hydrogen-bond donors (Lipinski definition) is 2. The maximum absolute atomic E-state index is 13.1. The standard InChI is InChI=1S/C18H25ClN2O/c1-13-7-10-20-12-16(13)21-17(22)18(8-2-3-9-18)14-5-4-6-15(19)11-14/h4-6,11,13,16,20H,2-3,7-10,12H2,1H3,(H,21,22). The Kier molecular flexibility index (Phi) is 4.74. The van der Waals surface area contributed by atoms with Crippen LogP contribution in [0.3, 0.4) is 0 Å². The highest BCUT2D eigenvalue weighted by atomic mass is 35.5. The smallest absolute Gasteiger partial charge is 0.230 e. The molecule has 3 rings (SSSR count). The lowest BCUT2D eigenvalue weighted by Gasteiger charge is -2.35. The zero-order valence-electron chi connectivity index (χ0n) is 13.2. The Morgan fingerprint density at radius 1 is 1.36 bits per heavy atom. The largest absolute Gasteiger partial charge is 0.351 e. The van der Waals surface area contributed by atoms with Crippen LogP contribution in [0.4, 0.5) is 0 Å². The topological polar surface area (TPSA) is 41.1 Å². The van der Waals surface area contributed by atoms with Crippen molar-refractivity contribution in [2.75, 3.05) is 13.1 Å². The summed E-state index contributed by atoms with van der Waals surface area (Å²) in [6.07, 6.45) is 5.19. The molecule has 120 valence electrons. The van der Waals surface area contributed by atoms with Crippen LogP contribution < -0.4 is 10.6 Å². The molecular formula is C18H25ClN2O. The molecule has 2 fully saturated rings. The number of rotatable bonds is 3. The van der Waals surface area contributed by atoms with Crippen LogP contribution in [0.2, 0.25) is 5.02 Å². The first kappa shape index (κ1) is 15.8. The Hall–Kier alpha value is -1.06. The van der Waals surface area contributed by atoms with E-state index in [4.69, 9.17) is 11.6 Å². The van der Waals surface area contributed by atoms with Crippen LogP contribution in [-0.2, 0) is 10.2 Å². The molecule has 1 saturated carbocycles. The minimum Gasteiger partial charge on any atom is -0.351 e. The fourth-order valence-corrected chi connectivity index (χ4v) is 4.09. The van der Waals surface area contributed by atoms with E-state index in [1.54, 1.807) is 0 Å². The van der Waals surface area contributed by atoms with Crippen molar-refractivity contribution in [1.82, 2.24) is 10.6 Å². The van der Waals surface area contributed by atoms with E-state index in [9.17, 15) is 4.79 Å². The van der Waals surface area contributed by atoms with Crippen LogP contribution in [0.15, 0.2) is 24.3 Å². The van der Waals surface area contributed by atoms with Gasteiger partial charge in [-0.3, -0.25) is 4.79 Å². The summed E-state index contributed by atoms with van der Waals surface area (Å²) in [5.74, 6) is 0.718. The van der Waals surface area contributed by atoms with Crippen molar-refractivity contribution in [3.8, 4) is 0 Å². The normalized spacial score (nSPS) is 27.5. The van der Waals surface area contributed by atoms with Crippen molar-refractivity contribution >= 4 is 17.5 Å². The molecule has 1 amide bonds. The number of amides is 1. The number of carbonyl (C=O) groups is 1. The van der Waals surface area contributed by atoms with Crippen molar-refractivity contribution in [3.05, 3.63) is 34.9 Å². The summed E-state index contributed by atoms with van der Waals surface area (Å²) in [6, 6.07) is 8.08. The van der Waals surface area contributed by atoms with Gasteiger partial charge in [0.25, 0.3) is 0 Å². The van der Waals surface area contributed by atoms with E-state index in [0.717, 1.165) is 50.8 Å². The molecule has 1 aliphatic heterocycles. The second kappa shape index (κ2) is 6.59. The van der Waals surface area contributed by atoms with Gasteiger partial charge in [0.05, 0.1) is 5.41 Å². The first-order valence-electron chi connectivity index (χ1n) is 8.39. The first-order valence-corrected chi connectivity index (χ1v) is 8.77. The van der Waals surface area contributed by atoms with Crippen LogP contribution in [-0.4, -0.2) is 25.0 Å². The van der Waals surface area contributed by atoms with Crippen molar-refractivity contribution in [2.45, 2.75) is 50.5 Å². The van der Waals surface area contributed by atoms with Crippen molar-refractivity contribution in [3.63, 3.8) is 0 Å². The van der Waals surface area contributed by atoms with E-state index in [-0.39, 0.29) is 17.4 Å². The van der Waals surface area contributed by atoms with Crippen molar-refractivity contribution in [1.29, 1.82) is 0 Å². The van der Waals surface area contributed by atoms with Crippen LogP contribution in [0.25, 0.3) is 0 Å². The van der Waals surface area contributed by atoms with Crippen molar-refractivity contribution < 1.29 is 4.79 Å². The third kappa shape index (κ3) is 3.02. The van der Waals surface area contributed by atoms with Crippen molar-refractivity contribution in [2.24, 2.45) is 5.92 Å². The van der Waals surface area contributed by atoms with E-state index >= 15 is 0 Å². The van der Waals surface area contributed by atoms with Gasteiger partial charge in [-0.05, 0) is 49.4 Å². The van der Waals surface area contributed by atoms with Crippen LogP contribution >= 0.6 is 11.6 Å². The summed E-state index contributed by atoms with van der Waals surface area (Å²) >= 11 is 6.16. The Labute approximate surface area is 137 Å². The molecule has 0 spiro atoms. The molecule has 2 N–H and O–H groups in total. The van der Waals surface area contributed by atoms with Gasteiger partial charge in [-0.2, -0.15) is 0 Å². The predicted octanol–water partition coefficient (Wildman–Crippen LogP) is 3.27. The summed E-state index contributed by atoms with van der Waals surface area (Å²) in [6.45, 7) is 4.15. The maximum Gasteiger partial charge on any atom is 0.230 e. The van der Waals surface area contributed by atoms with Gasteiger partial charge in [-0.1, -0.05) is 43.5 Å². The van der Waals surface area contributed by atoms with E-state index in [0.29, 0.717) is 10.9 Å². The molecule has 2 atom stereocenters. The second-order valence-electron chi connectivity index (χ2n) is 6.85. The Morgan fingerprint density at radius 2 is 2.14 bits per heavy atom. The molecule has 1 aliphatic carbocycles. The number of halogens is 1. The Balaban J connectivity index is 1.82. The highest BCUT2D eigenvalue weighted by Crippen LogP contribution is 2.42. The van der Waals surface area contributed by atoms with E-state index in [1.807, 2.05) is 18.2 Å². The van der Waals surface area contributed by atoms with Gasteiger partial charge in [-0.15, -0.1) is 0 Å². The highest BCUT2D eigenvalue weighted by Gasteiger charge is 2.43. The van der Waals surface area contributed by atoms with Gasteiger partial charge in [0.2, 0.25) is 5.91 Å². The lowest BCUT2D eigenvalue weighted by Crippen LogP contribution is -2.54. The van der Waals surface area contributed by atoms with Gasteiger partial charge < -0.3 is 10.6 Å². The quantitative estimate of drug-likeness (QED) is 0.897. The molecule has 1 aromatic rings. The average molecular weight is 321 g/mol. The zero-order chi connectivity index (χ0) is 15.6. The van der Waals surface area contributed by atoms with Crippen LogP contribution in [0.1, 0.15) is 44.6 Å². The lowest BCUT2D eigenvalue weighted by molar-refractivity contribution is -0.127. The average Bonchev–Trinajstić information content (AvgIpc) is 3.00. The van der Waals surface area contributed by atoms with Gasteiger partial charge in [0.1, 0.15) is 0 Å². The molecule has 1 aromatic carbocycles. The summed E-state index contributed by atoms with van der Waals surface area (Å²) in [4.78, 5) is 13.1. The fourth-order valence-electron chi connectivity index (χ4n) is 3.90. The Morgan fingerprint density at radius 3 is 2.82 bits per heavy atom. The number of nitrogens with one attached hydrogen (secondary N) is 2. The van der Waals surface area contributed by atoms with E-state index < -0.39 is 0 Å². The van der Waals surface area contributed by atoms with Gasteiger partial charge in [0, 0.05) is 17.6 Å². The second-order valence-corrected chi connectivity index (χ2v) is 7.29.